The smallest absolute Gasteiger partial charge is 0.0808 e. The van der Waals surface area contributed by atoms with Gasteiger partial charge in [0.1, 0.15) is 0 Å². The summed E-state index contributed by atoms with van der Waals surface area (Å²) < 4.78 is 13.0. The molecule has 0 radical (unpaired) electrons. The van der Waals surface area contributed by atoms with E-state index in [1.165, 1.54) is 36.0 Å². The van der Waals surface area contributed by atoms with Gasteiger partial charge in [-0.2, -0.15) is 0 Å². The van der Waals surface area contributed by atoms with Gasteiger partial charge in [0.05, 0.1) is 10.8 Å². The maximum Gasteiger partial charge on any atom is 0.0808 e. The van der Waals surface area contributed by atoms with Gasteiger partial charge in [-0.1, -0.05) is 74.2 Å². The third-order valence-corrected chi connectivity index (χ3v) is 5.84. The molecule has 2 heteroatoms. The number of hydrogen-bond acceptors (Lipinski definition) is 1. The maximum atomic E-state index is 13.0. The van der Waals surface area contributed by atoms with Crippen molar-refractivity contribution in [1.82, 2.24) is 0 Å². The van der Waals surface area contributed by atoms with Crippen molar-refractivity contribution in [2.75, 3.05) is 0 Å². The summed E-state index contributed by atoms with van der Waals surface area (Å²) in [6, 6.07) is 18.4. The zero-order valence-electron chi connectivity index (χ0n) is 15.0. The molecule has 0 N–H and O–H groups in total. The van der Waals surface area contributed by atoms with Crippen LogP contribution in [0, 0.1) is 6.92 Å². The standard InChI is InChI=1S/C22H28OS/c1-4-5-6-10-13-22(20-11-8-7-9-12-20)19(3)24(23)21-16-14-18(2)15-17-21/h7-9,11-12,14-17H,4-6,10,13H2,1-3H3/b22-19+. The molecule has 2 aromatic rings. The second-order valence-electron chi connectivity index (χ2n) is 6.29. The lowest BCUT2D eigenvalue weighted by molar-refractivity contribution is 0.677. The minimum atomic E-state index is -1.09. The molecule has 24 heavy (non-hydrogen) atoms. The van der Waals surface area contributed by atoms with Crippen molar-refractivity contribution in [2.45, 2.75) is 57.8 Å². The summed E-state index contributed by atoms with van der Waals surface area (Å²) in [5.41, 5.74) is 3.64. The van der Waals surface area contributed by atoms with Gasteiger partial charge >= 0.3 is 0 Å². The fourth-order valence-corrected chi connectivity index (χ4v) is 4.02. The van der Waals surface area contributed by atoms with E-state index >= 15 is 0 Å². The monoisotopic (exact) mass is 340 g/mol. The molecule has 0 spiro atoms. The van der Waals surface area contributed by atoms with E-state index in [-0.39, 0.29) is 0 Å². The molecule has 1 unspecified atom stereocenters. The Morgan fingerprint density at radius 3 is 2.21 bits per heavy atom. The van der Waals surface area contributed by atoms with Crippen molar-refractivity contribution in [3.05, 3.63) is 70.6 Å². The minimum Gasteiger partial charge on any atom is -0.249 e. The summed E-state index contributed by atoms with van der Waals surface area (Å²) in [6.45, 7) is 6.31. The Hall–Kier alpha value is -1.67. The van der Waals surface area contributed by atoms with E-state index in [9.17, 15) is 4.21 Å². The first-order valence-corrected chi connectivity index (χ1v) is 10.0. The molecule has 0 aromatic heterocycles. The average molecular weight is 341 g/mol. The van der Waals surface area contributed by atoms with Gasteiger partial charge < -0.3 is 0 Å². The lowest BCUT2D eigenvalue weighted by atomic mass is 9.99. The van der Waals surface area contributed by atoms with E-state index in [0.717, 1.165) is 22.6 Å². The van der Waals surface area contributed by atoms with Crippen LogP contribution in [0.1, 0.15) is 57.1 Å². The van der Waals surface area contributed by atoms with Crippen molar-refractivity contribution in [2.24, 2.45) is 0 Å². The molecule has 0 saturated heterocycles. The molecule has 2 rings (SSSR count). The fourth-order valence-electron chi connectivity index (χ4n) is 2.84. The highest BCUT2D eigenvalue weighted by molar-refractivity contribution is 7.89. The van der Waals surface area contributed by atoms with E-state index in [1.54, 1.807) is 0 Å². The summed E-state index contributed by atoms with van der Waals surface area (Å²) in [5, 5.41) is 0. The van der Waals surface area contributed by atoms with E-state index < -0.39 is 10.8 Å². The van der Waals surface area contributed by atoms with Crippen LogP contribution in [-0.2, 0) is 10.8 Å². The number of rotatable bonds is 8. The Balaban J connectivity index is 2.30. The van der Waals surface area contributed by atoms with Gasteiger partial charge in [0.2, 0.25) is 0 Å². The second-order valence-corrected chi connectivity index (χ2v) is 7.91. The molecule has 1 nitrogen and oxygen atoms in total. The summed E-state index contributed by atoms with van der Waals surface area (Å²) in [6.07, 6.45) is 5.88. The number of hydrogen-bond donors (Lipinski definition) is 0. The van der Waals surface area contributed by atoms with Gasteiger partial charge in [0, 0.05) is 9.80 Å². The Bertz CT molecular complexity index is 684. The average Bonchev–Trinajstić information content (AvgIpc) is 2.62. The van der Waals surface area contributed by atoms with Crippen LogP contribution in [0.2, 0.25) is 0 Å². The van der Waals surface area contributed by atoms with Crippen LogP contribution in [0.5, 0.6) is 0 Å². The van der Waals surface area contributed by atoms with Crippen LogP contribution in [0.25, 0.3) is 5.57 Å². The third-order valence-electron chi connectivity index (χ3n) is 4.34. The van der Waals surface area contributed by atoms with E-state index in [4.69, 9.17) is 0 Å². The van der Waals surface area contributed by atoms with Crippen molar-refractivity contribution < 1.29 is 4.21 Å². The first kappa shape index (κ1) is 18.7. The third kappa shape index (κ3) is 5.17. The molecule has 0 aliphatic heterocycles. The van der Waals surface area contributed by atoms with E-state index in [1.807, 2.05) is 37.3 Å². The normalized spacial score (nSPS) is 13.5. The highest BCUT2D eigenvalue weighted by Crippen LogP contribution is 2.29. The van der Waals surface area contributed by atoms with Gasteiger partial charge in [-0.3, -0.25) is 0 Å². The number of benzene rings is 2. The Morgan fingerprint density at radius 2 is 1.58 bits per heavy atom. The molecule has 0 bridgehead atoms. The maximum absolute atomic E-state index is 13.0. The van der Waals surface area contributed by atoms with Crippen LogP contribution in [0.3, 0.4) is 0 Å². The summed E-state index contributed by atoms with van der Waals surface area (Å²) >= 11 is 0. The van der Waals surface area contributed by atoms with Crippen LogP contribution in [0.15, 0.2) is 64.4 Å². The van der Waals surface area contributed by atoms with Crippen molar-refractivity contribution in [3.8, 4) is 0 Å². The molecule has 0 heterocycles. The Morgan fingerprint density at radius 1 is 0.917 bits per heavy atom. The number of allylic oxidation sites excluding steroid dienone is 2. The highest BCUT2D eigenvalue weighted by Gasteiger charge is 2.13. The fraction of sp³-hybridized carbons (Fsp3) is 0.364. The Labute approximate surface area is 149 Å². The van der Waals surface area contributed by atoms with Crippen LogP contribution < -0.4 is 0 Å². The van der Waals surface area contributed by atoms with Crippen molar-refractivity contribution >= 4 is 16.4 Å². The molecule has 2 aromatic carbocycles. The lowest BCUT2D eigenvalue weighted by Crippen LogP contribution is -1.98. The van der Waals surface area contributed by atoms with Gasteiger partial charge in [-0.25, -0.2) is 4.21 Å². The van der Waals surface area contributed by atoms with Gasteiger partial charge in [-0.05, 0) is 50.0 Å². The number of unbranched alkanes of at least 4 members (excludes halogenated alkanes) is 3. The minimum absolute atomic E-state index is 0.889. The molecule has 0 aliphatic rings. The molecule has 0 saturated carbocycles. The first-order valence-electron chi connectivity index (χ1n) is 8.87. The van der Waals surface area contributed by atoms with Crippen LogP contribution in [-0.4, -0.2) is 4.21 Å². The summed E-state index contributed by atoms with van der Waals surface area (Å²) in [5.74, 6) is 0. The molecule has 1 atom stereocenters. The SMILES string of the molecule is CCCCCC/C(=C(/C)S(=O)c1ccc(C)cc1)c1ccccc1. The van der Waals surface area contributed by atoms with Crippen molar-refractivity contribution in [3.63, 3.8) is 0 Å². The zero-order chi connectivity index (χ0) is 17.4. The van der Waals surface area contributed by atoms with Gasteiger partial charge in [-0.15, -0.1) is 0 Å². The largest absolute Gasteiger partial charge is 0.249 e. The van der Waals surface area contributed by atoms with Crippen molar-refractivity contribution in [1.29, 1.82) is 0 Å². The molecular weight excluding hydrogens is 312 g/mol. The van der Waals surface area contributed by atoms with Crippen LogP contribution >= 0.6 is 0 Å². The van der Waals surface area contributed by atoms with E-state index in [0.29, 0.717) is 0 Å². The topological polar surface area (TPSA) is 17.1 Å². The molecule has 0 amide bonds. The molecular formula is C22H28OS. The molecule has 128 valence electrons. The summed E-state index contributed by atoms with van der Waals surface area (Å²) in [4.78, 5) is 1.88. The Kier molecular flexibility index (Phi) is 7.45. The van der Waals surface area contributed by atoms with Crippen LogP contribution in [0.4, 0.5) is 0 Å². The zero-order valence-corrected chi connectivity index (χ0v) is 15.9. The summed E-state index contributed by atoms with van der Waals surface area (Å²) in [7, 11) is -1.09. The van der Waals surface area contributed by atoms with E-state index in [2.05, 4.69) is 38.1 Å². The second kappa shape index (κ2) is 9.58. The first-order chi connectivity index (χ1) is 11.6. The highest BCUT2D eigenvalue weighted by atomic mass is 32.2. The molecule has 0 fully saturated rings. The van der Waals surface area contributed by atoms with Gasteiger partial charge in [0.15, 0.2) is 0 Å². The molecule has 0 aliphatic carbocycles. The quantitative estimate of drug-likeness (QED) is 0.501. The lowest BCUT2D eigenvalue weighted by Gasteiger charge is -2.13. The number of aryl methyl sites for hydroxylation is 1. The predicted molar refractivity (Wildman–Crippen MR) is 105 cm³/mol. The van der Waals surface area contributed by atoms with Gasteiger partial charge in [0.25, 0.3) is 0 Å². The predicted octanol–water partition coefficient (Wildman–Crippen LogP) is 6.50.